The van der Waals surface area contributed by atoms with Crippen molar-refractivity contribution in [2.75, 3.05) is 0 Å². The minimum absolute atomic E-state index is 0.230. The first-order chi connectivity index (χ1) is 11.7. The van der Waals surface area contributed by atoms with Crippen LogP contribution < -0.4 is 5.32 Å². The minimum atomic E-state index is -0.536. The maximum absolute atomic E-state index is 12.8. The van der Waals surface area contributed by atoms with E-state index >= 15 is 0 Å². The van der Waals surface area contributed by atoms with Crippen molar-refractivity contribution in [3.63, 3.8) is 0 Å². The number of nitrogens with one attached hydrogen (secondary N) is 1. The Balaban J connectivity index is 2.92. The summed E-state index contributed by atoms with van der Waals surface area (Å²) in [6.07, 6.45) is 4.01. The topological polar surface area (TPSA) is 55.4 Å². The summed E-state index contributed by atoms with van der Waals surface area (Å²) in [5.41, 5.74) is 0.561. The molecule has 0 heterocycles. The third kappa shape index (κ3) is 8.71. The molecule has 0 aromatic heterocycles. The number of hydrogen-bond donors (Lipinski definition) is 1. The van der Waals surface area contributed by atoms with Gasteiger partial charge in [0.1, 0.15) is 5.60 Å². The molecular formula is C21H33NO3. The molecule has 4 heteroatoms. The van der Waals surface area contributed by atoms with Crippen molar-refractivity contribution in [2.45, 2.75) is 71.9 Å². The van der Waals surface area contributed by atoms with Crippen LogP contribution in [0.4, 0.5) is 0 Å². The van der Waals surface area contributed by atoms with Crippen molar-refractivity contribution < 1.29 is 14.3 Å². The average molecular weight is 347 g/mol. The molecule has 0 aliphatic rings. The maximum atomic E-state index is 12.8. The monoisotopic (exact) mass is 347 g/mol. The number of carbonyl (C=O) groups excluding carboxylic acids is 2. The van der Waals surface area contributed by atoms with E-state index in [4.69, 9.17) is 4.74 Å². The first-order valence-electron chi connectivity index (χ1n) is 9.19. The van der Waals surface area contributed by atoms with Crippen LogP contribution in [-0.2, 0) is 20.7 Å². The van der Waals surface area contributed by atoms with Crippen LogP contribution in [0.2, 0.25) is 0 Å². The Hall–Kier alpha value is -1.84. The number of carbonyl (C=O) groups is 2. The van der Waals surface area contributed by atoms with Gasteiger partial charge in [0.2, 0.25) is 6.41 Å². The van der Waals surface area contributed by atoms with Crippen molar-refractivity contribution in [1.29, 1.82) is 0 Å². The molecule has 25 heavy (non-hydrogen) atoms. The lowest BCUT2D eigenvalue weighted by atomic mass is 9.88. The Morgan fingerprint density at radius 1 is 1.16 bits per heavy atom. The van der Waals surface area contributed by atoms with E-state index in [1.165, 1.54) is 0 Å². The van der Waals surface area contributed by atoms with Crippen molar-refractivity contribution in [3.8, 4) is 0 Å². The number of hydrogen-bond acceptors (Lipinski definition) is 3. The summed E-state index contributed by atoms with van der Waals surface area (Å²) in [6.45, 7) is 9.96. The summed E-state index contributed by atoms with van der Waals surface area (Å²) in [6, 6.07) is 9.66. The van der Waals surface area contributed by atoms with Gasteiger partial charge in [0.25, 0.3) is 0 Å². The van der Waals surface area contributed by atoms with E-state index in [9.17, 15) is 9.59 Å². The van der Waals surface area contributed by atoms with E-state index in [1.807, 2.05) is 51.1 Å². The zero-order valence-corrected chi connectivity index (χ0v) is 16.2. The molecule has 1 aromatic carbocycles. The fraction of sp³-hybridized carbons (Fsp3) is 0.619. The van der Waals surface area contributed by atoms with Gasteiger partial charge in [-0.05, 0) is 45.1 Å². The highest BCUT2D eigenvalue weighted by Gasteiger charge is 2.32. The minimum Gasteiger partial charge on any atom is -0.460 e. The summed E-state index contributed by atoms with van der Waals surface area (Å²) in [7, 11) is 0. The Kier molecular flexibility index (Phi) is 8.67. The smallest absolute Gasteiger partial charge is 0.311 e. The van der Waals surface area contributed by atoms with Crippen LogP contribution in [0.1, 0.15) is 59.4 Å². The van der Waals surface area contributed by atoms with Crippen LogP contribution >= 0.6 is 0 Å². The molecule has 1 unspecified atom stereocenters. The summed E-state index contributed by atoms with van der Waals surface area (Å²) < 4.78 is 5.63. The zero-order valence-electron chi connectivity index (χ0n) is 16.2. The fourth-order valence-electron chi connectivity index (χ4n) is 2.88. The van der Waals surface area contributed by atoms with Gasteiger partial charge >= 0.3 is 5.97 Å². The van der Waals surface area contributed by atoms with Gasteiger partial charge in [-0.15, -0.1) is 0 Å². The van der Waals surface area contributed by atoms with E-state index < -0.39 is 5.60 Å². The van der Waals surface area contributed by atoms with Crippen molar-refractivity contribution in [3.05, 3.63) is 35.9 Å². The molecule has 0 spiro atoms. The maximum Gasteiger partial charge on any atom is 0.311 e. The molecule has 1 aromatic rings. The van der Waals surface area contributed by atoms with Crippen molar-refractivity contribution in [2.24, 2.45) is 11.8 Å². The van der Waals surface area contributed by atoms with Gasteiger partial charge < -0.3 is 10.1 Å². The molecular weight excluding hydrogens is 314 g/mol. The van der Waals surface area contributed by atoms with E-state index in [-0.39, 0.29) is 17.9 Å². The van der Waals surface area contributed by atoms with Crippen molar-refractivity contribution >= 4 is 12.4 Å². The molecule has 0 fully saturated rings. The third-order valence-corrected chi connectivity index (χ3v) is 4.07. The predicted octanol–water partition coefficient (Wildman–Crippen LogP) is 4.13. The SMILES string of the molecule is CC(C)CCCC(C(=O)OC(C)(C)C)[C@H](Cc1ccccc1)NC=O. The molecule has 4 nitrogen and oxygen atoms in total. The van der Waals surface area contributed by atoms with Gasteiger partial charge in [-0.2, -0.15) is 0 Å². The Bertz CT molecular complexity index is 520. The fourth-order valence-corrected chi connectivity index (χ4v) is 2.88. The van der Waals surface area contributed by atoms with Gasteiger partial charge in [0, 0.05) is 6.04 Å². The van der Waals surface area contributed by atoms with Crippen LogP contribution in [0.25, 0.3) is 0 Å². The van der Waals surface area contributed by atoms with E-state index in [2.05, 4.69) is 19.2 Å². The summed E-state index contributed by atoms with van der Waals surface area (Å²) in [4.78, 5) is 23.9. The highest BCUT2D eigenvalue weighted by molar-refractivity contribution is 5.74. The van der Waals surface area contributed by atoms with Gasteiger partial charge in [-0.3, -0.25) is 9.59 Å². The molecule has 0 saturated carbocycles. The first-order valence-corrected chi connectivity index (χ1v) is 9.19. The van der Waals surface area contributed by atoms with Crippen LogP contribution in [0.3, 0.4) is 0 Å². The molecule has 0 saturated heterocycles. The lowest BCUT2D eigenvalue weighted by Gasteiger charge is -2.29. The molecule has 0 bridgehead atoms. The second kappa shape index (κ2) is 10.2. The lowest BCUT2D eigenvalue weighted by molar-refractivity contribution is -0.161. The number of amides is 1. The molecule has 1 amide bonds. The van der Waals surface area contributed by atoms with E-state index in [0.29, 0.717) is 25.2 Å². The highest BCUT2D eigenvalue weighted by Crippen LogP contribution is 2.23. The number of esters is 1. The number of rotatable bonds is 10. The van der Waals surface area contributed by atoms with Crippen LogP contribution in [0.5, 0.6) is 0 Å². The van der Waals surface area contributed by atoms with E-state index in [1.54, 1.807) is 0 Å². The Labute approximate surface area is 152 Å². The number of benzene rings is 1. The average Bonchev–Trinajstić information content (AvgIpc) is 2.50. The highest BCUT2D eigenvalue weighted by atomic mass is 16.6. The molecule has 0 radical (unpaired) electrons. The molecule has 1 N–H and O–H groups in total. The molecule has 1 rings (SSSR count). The molecule has 2 atom stereocenters. The summed E-state index contributed by atoms with van der Waals surface area (Å²) in [5, 5.41) is 2.85. The van der Waals surface area contributed by atoms with Crippen LogP contribution in [-0.4, -0.2) is 24.0 Å². The second-order valence-corrected chi connectivity index (χ2v) is 8.05. The quantitative estimate of drug-likeness (QED) is 0.511. The van der Waals surface area contributed by atoms with Crippen LogP contribution in [0.15, 0.2) is 30.3 Å². The van der Waals surface area contributed by atoms with Gasteiger partial charge in [0.15, 0.2) is 0 Å². The lowest BCUT2D eigenvalue weighted by Crippen LogP contribution is -2.43. The van der Waals surface area contributed by atoms with E-state index in [0.717, 1.165) is 18.4 Å². The molecule has 0 aliphatic heterocycles. The summed E-state index contributed by atoms with van der Waals surface area (Å²) in [5.74, 6) is 0.0146. The van der Waals surface area contributed by atoms with Gasteiger partial charge in [-0.1, -0.05) is 57.0 Å². The Morgan fingerprint density at radius 2 is 1.80 bits per heavy atom. The second-order valence-electron chi connectivity index (χ2n) is 8.05. The standard InChI is InChI=1S/C21H33NO3/c1-16(2)10-9-13-18(20(24)25-21(3,4)5)19(22-15-23)14-17-11-7-6-8-12-17/h6-8,11-12,15-16,18-19H,9-10,13-14H2,1-5H3,(H,22,23)/t18?,19-/m0/s1. The predicted molar refractivity (Wildman–Crippen MR) is 101 cm³/mol. The first kappa shape index (κ1) is 21.2. The number of ether oxygens (including phenoxy) is 1. The third-order valence-electron chi connectivity index (χ3n) is 4.07. The Morgan fingerprint density at radius 3 is 2.32 bits per heavy atom. The van der Waals surface area contributed by atoms with Crippen molar-refractivity contribution in [1.82, 2.24) is 5.32 Å². The molecule has 140 valence electrons. The van der Waals surface area contributed by atoms with Gasteiger partial charge in [-0.25, -0.2) is 0 Å². The molecule has 0 aliphatic carbocycles. The zero-order chi connectivity index (χ0) is 18.9. The summed E-state index contributed by atoms with van der Waals surface area (Å²) >= 11 is 0. The largest absolute Gasteiger partial charge is 0.460 e. The van der Waals surface area contributed by atoms with Gasteiger partial charge in [0.05, 0.1) is 5.92 Å². The normalized spacial score (nSPS) is 14.0. The van der Waals surface area contributed by atoms with Crippen LogP contribution in [0, 0.1) is 11.8 Å².